The number of ether oxygens (including phenoxy) is 3. The summed E-state index contributed by atoms with van der Waals surface area (Å²) in [7, 11) is 1.59. The van der Waals surface area contributed by atoms with Crippen LogP contribution in [0.25, 0.3) is 0 Å². The number of halogens is 2. The van der Waals surface area contributed by atoms with Crippen molar-refractivity contribution in [3.05, 3.63) is 53.8 Å². The molecule has 0 saturated heterocycles. The standard InChI is InChI=1S/C16H16BrFO3/c1-19-15-4-2-3-5-16(15)21-7-6-20-14-9-12(11-17)8-13(18)10-14/h2-5,8-10H,6-7,11H2,1H3. The van der Waals surface area contributed by atoms with E-state index >= 15 is 0 Å². The summed E-state index contributed by atoms with van der Waals surface area (Å²) in [6.07, 6.45) is 0. The number of rotatable bonds is 7. The molecule has 0 atom stereocenters. The van der Waals surface area contributed by atoms with E-state index in [0.29, 0.717) is 35.8 Å². The summed E-state index contributed by atoms with van der Waals surface area (Å²) in [5, 5.41) is 0.582. The van der Waals surface area contributed by atoms with E-state index < -0.39 is 0 Å². The van der Waals surface area contributed by atoms with Gasteiger partial charge < -0.3 is 14.2 Å². The molecule has 0 radical (unpaired) electrons. The summed E-state index contributed by atoms with van der Waals surface area (Å²) in [6.45, 7) is 0.670. The number of benzene rings is 2. The second kappa shape index (κ2) is 7.88. The maximum Gasteiger partial charge on any atom is 0.161 e. The van der Waals surface area contributed by atoms with E-state index in [-0.39, 0.29) is 5.82 Å². The molecule has 0 heterocycles. The molecule has 0 aromatic heterocycles. The third kappa shape index (κ3) is 4.63. The molecule has 112 valence electrons. The van der Waals surface area contributed by atoms with Gasteiger partial charge in [0, 0.05) is 11.4 Å². The third-order valence-electron chi connectivity index (χ3n) is 2.76. The quantitative estimate of drug-likeness (QED) is 0.551. The molecule has 21 heavy (non-hydrogen) atoms. The fourth-order valence-electron chi connectivity index (χ4n) is 1.83. The molecule has 0 bridgehead atoms. The van der Waals surface area contributed by atoms with Crippen molar-refractivity contribution in [2.24, 2.45) is 0 Å². The van der Waals surface area contributed by atoms with Gasteiger partial charge in [-0.3, -0.25) is 0 Å². The lowest BCUT2D eigenvalue weighted by molar-refractivity contribution is 0.211. The summed E-state index contributed by atoms with van der Waals surface area (Å²) in [6, 6.07) is 12.0. The van der Waals surface area contributed by atoms with Gasteiger partial charge in [-0.1, -0.05) is 28.1 Å². The van der Waals surface area contributed by atoms with E-state index in [1.54, 1.807) is 13.2 Å². The largest absolute Gasteiger partial charge is 0.493 e. The SMILES string of the molecule is COc1ccccc1OCCOc1cc(F)cc(CBr)c1. The Morgan fingerprint density at radius 2 is 1.71 bits per heavy atom. The average molecular weight is 355 g/mol. The zero-order valence-electron chi connectivity index (χ0n) is 11.6. The Morgan fingerprint density at radius 1 is 1.00 bits per heavy atom. The highest BCUT2D eigenvalue weighted by Crippen LogP contribution is 2.25. The van der Waals surface area contributed by atoms with Crippen LogP contribution in [0.15, 0.2) is 42.5 Å². The smallest absolute Gasteiger partial charge is 0.161 e. The highest BCUT2D eigenvalue weighted by atomic mass is 79.9. The van der Waals surface area contributed by atoms with Crippen LogP contribution in [0.5, 0.6) is 17.2 Å². The van der Waals surface area contributed by atoms with E-state index in [0.717, 1.165) is 5.56 Å². The van der Waals surface area contributed by atoms with Crippen molar-refractivity contribution in [1.29, 1.82) is 0 Å². The van der Waals surface area contributed by atoms with Gasteiger partial charge >= 0.3 is 0 Å². The van der Waals surface area contributed by atoms with Gasteiger partial charge in [0.05, 0.1) is 7.11 Å². The van der Waals surface area contributed by atoms with Gasteiger partial charge in [0.1, 0.15) is 24.8 Å². The van der Waals surface area contributed by atoms with E-state index in [2.05, 4.69) is 15.9 Å². The zero-order chi connectivity index (χ0) is 15.1. The summed E-state index contributed by atoms with van der Waals surface area (Å²) >= 11 is 3.29. The Kier molecular flexibility index (Phi) is 5.87. The molecule has 2 rings (SSSR count). The molecule has 0 aliphatic heterocycles. The van der Waals surface area contributed by atoms with Crippen molar-refractivity contribution in [1.82, 2.24) is 0 Å². The average Bonchev–Trinajstić information content (AvgIpc) is 2.51. The van der Waals surface area contributed by atoms with Crippen LogP contribution in [0.3, 0.4) is 0 Å². The molecular formula is C16H16BrFO3. The van der Waals surface area contributed by atoms with Gasteiger partial charge in [-0.15, -0.1) is 0 Å². The van der Waals surface area contributed by atoms with Crippen molar-refractivity contribution >= 4 is 15.9 Å². The summed E-state index contributed by atoms with van der Waals surface area (Å²) < 4.78 is 29.6. The van der Waals surface area contributed by atoms with E-state index in [4.69, 9.17) is 14.2 Å². The molecule has 0 fully saturated rings. The number of alkyl halides is 1. The van der Waals surface area contributed by atoms with Crippen molar-refractivity contribution < 1.29 is 18.6 Å². The monoisotopic (exact) mass is 354 g/mol. The predicted octanol–water partition coefficient (Wildman–Crippen LogP) is 4.19. The Labute approximate surface area is 131 Å². The molecule has 0 aliphatic rings. The minimum atomic E-state index is -0.312. The first-order valence-electron chi connectivity index (χ1n) is 6.47. The van der Waals surface area contributed by atoms with Crippen LogP contribution in [-0.4, -0.2) is 20.3 Å². The van der Waals surface area contributed by atoms with Gasteiger partial charge in [-0.25, -0.2) is 4.39 Å². The van der Waals surface area contributed by atoms with Crippen molar-refractivity contribution in [2.45, 2.75) is 5.33 Å². The van der Waals surface area contributed by atoms with Gasteiger partial charge in [0.25, 0.3) is 0 Å². The Hall–Kier alpha value is -1.75. The number of methoxy groups -OCH3 is 1. The summed E-state index contributed by atoms with van der Waals surface area (Å²) in [4.78, 5) is 0. The molecule has 0 saturated carbocycles. The first-order chi connectivity index (χ1) is 10.2. The molecule has 3 nitrogen and oxygen atoms in total. The van der Waals surface area contributed by atoms with Crippen LogP contribution in [0.4, 0.5) is 4.39 Å². The molecule has 0 spiro atoms. The molecular weight excluding hydrogens is 339 g/mol. The molecule has 0 amide bonds. The van der Waals surface area contributed by atoms with Gasteiger partial charge in [0.15, 0.2) is 11.5 Å². The molecule has 0 N–H and O–H groups in total. The predicted molar refractivity (Wildman–Crippen MR) is 83.0 cm³/mol. The number of para-hydroxylation sites is 2. The first kappa shape index (κ1) is 15.6. The van der Waals surface area contributed by atoms with Crippen molar-refractivity contribution in [3.8, 4) is 17.2 Å². The van der Waals surface area contributed by atoms with Crippen LogP contribution in [-0.2, 0) is 5.33 Å². The topological polar surface area (TPSA) is 27.7 Å². The lowest BCUT2D eigenvalue weighted by Gasteiger charge is -2.11. The normalized spacial score (nSPS) is 10.2. The maximum absolute atomic E-state index is 13.3. The van der Waals surface area contributed by atoms with Crippen LogP contribution < -0.4 is 14.2 Å². The molecule has 0 aliphatic carbocycles. The van der Waals surface area contributed by atoms with E-state index in [9.17, 15) is 4.39 Å². The van der Waals surface area contributed by atoms with Gasteiger partial charge in [0.2, 0.25) is 0 Å². The Morgan fingerprint density at radius 3 is 2.43 bits per heavy atom. The van der Waals surface area contributed by atoms with Gasteiger partial charge in [-0.2, -0.15) is 0 Å². The fourth-order valence-corrected chi connectivity index (χ4v) is 2.15. The second-order valence-corrected chi connectivity index (χ2v) is 4.84. The highest BCUT2D eigenvalue weighted by Gasteiger charge is 2.04. The molecule has 2 aromatic rings. The Balaban J connectivity index is 1.86. The van der Waals surface area contributed by atoms with Crippen molar-refractivity contribution in [3.63, 3.8) is 0 Å². The maximum atomic E-state index is 13.3. The Bertz CT molecular complexity index is 589. The van der Waals surface area contributed by atoms with Gasteiger partial charge in [-0.05, 0) is 29.8 Å². The molecule has 0 unspecified atom stereocenters. The molecule has 2 aromatic carbocycles. The minimum Gasteiger partial charge on any atom is -0.493 e. The van der Waals surface area contributed by atoms with Crippen LogP contribution in [0, 0.1) is 5.82 Å². The summed E-state index contributed by atoms with van der Waals surface area (Å²) in [5.41, 5.74) is 0.829. The van der Waals surface area contributed by atoms with Crippen LogP contribution in [0.2, 0.25) is 0 Å². The number of hydrogen-bond acceptors (Lipinski definition) is 3. The highest BCUT2D eigenvalue weighted by molar-refractivity contribution is 9.08. The van der Waals surface area contributed by atoms with Crippen LogP contribution in [0.1, 0.15) is 5.56 Å². The van der Waals surface area contributed by atoms with Crippen molar-refractivity contribution in [2.75, 3.05) is 20.3 Å². The number of hydrogen-bond donors (Lipinski definition) is 0. The second-order valence-electron chi connectivity index (χ2n) is 4.28. The third-order valence-corrected chi connectivity index (χ3v) is 3.41. The lowest BCUT2D eigenvalue weighted by Crippen LogP contribution is -2.09. The lowest BCUT2D eigenvalue weighted by atomic mass is 10.2. The van der Waals surface area contributed by atoms with E-state index in [1.807, 2.05) is 24.3 Å². The zero-order valence-corrected chi connectivity index (χ0v) is 13.2. The minimum absolute atomic E-state index is 0.312. The van der Waals surface area contributed by atoms with Crippen LogP contribution >= 0.6 is 15.9 Å². The summed E-state index contributed by atoms with van der Waals surface area (Å²) in [5.74, 6) is 1.51. The van der Waals surface area contributed by atoms with E-state index in [1.165, 1.54) is 12.1 Å². The fraction of sp³-hybridized carbons (Fsp3) is 0.250. The first-order valence-corrected chi connectivity index (χ1v) is 7.59. The molecule has 5 heteroatoms.